The molecule has 0 radical (unpaired) electrons. The average Bonchev–Trinajstić information content (AvgIpc) is 2.53. The molecule has 6 nitrogen and oxygen atoms in total. The topological polar surface area (TPSA) is 84.5 Å². The smallest absolute Gasteiger partial charge is 0.241 e. The van der Waals surface area contributed by atoms with E-state index < -0.39 is 15.9 Å². The Kier molecular flexibility index (Phi) is 5.36. The lowest BCUT2D eigenvalue weighted by atomic mass is 10.2. The van der Waals surface area contributed by atoms with Gasteiger partial charge in [-0.3, -0.25) is 4.79 Å². The second-order valence-electron chi connectivity index (χ2n) is 4.89. The van der Waals surface area contributed by atoms with Crippen molar-refractivity contribution in [2.75, 3.05) is 19.0 Å². The molecule has 2 N–H and O–H groups in total. The number of benzene rings is 2. The van der Waals surface area contributed by atoms with Crippen LogP contribution in [0.2, 0.25) is 0 Å². The lowest BCUT2D eigenvalue weighted by Gasteiger charge is -2.11. The Bertz CT molecular complexity index is 803. The molecule has 0 saturated carbocycles. The van der Waals surface area contributed by atoms with Gasteiger partial charge >= 0.3 is 0 Å². The predicted octanol–water partition coefficient (Wildman–Crippen LogP) is 1.92. The molecule has 0 heterocycles. The van der Waals surface area contributed by atoms with Gasteiger partial charge in [0.1, 0.15) is 5.75 Å². The summed E-state index contributed by atoms with van der Waals surface area (Å²) >= 11 is 0. The van der Waals surface area contributed by atoms with E-state index in [-0.39, 0.29) is 11.4 Å². The summed E-state index contributed by atoms with van der Waals surface area (Å²) < 4.78 is 31.7. The minimum Gasteiger partial charge on any atom is -0.495 e. The molecule has 2 rings (SSSR count). The SMILES string of the molecule is COc1ccccc1NC(=O)CNS(=O)(=O)c1cccc(C)c1. The number of carbonyl (C=O) groups excluding carboxylic acids is 1. The Morgan fingerprint density at radius 2 is 1.87 bits per heavy atom. The molecule has 2 aromatic carbocycles. The number of sulfonamides is 1. The summed E-state index contributed by atoms with van der Waals surface area (Å²) in [6.07, 6.45) is 0. The van der Waals surface area contributed by atoms with Crippen LogP contribution in [-0.2, 0) is 14.8 Å². The number of hydrogen-bond acceptors (Lipinski definition) is 4. The highest BCUT2D eigenvalue weighted by Crippen LogP contribution is 2.22. The Morgan fingerprint density at radius 1 is 1.13 bits per heavy atom. The summed E-state index contributed by atoms with van der Waals surface area (Å²) in [5.41, 5.74) is 1.31. The number of aryl methyl sites for hydroxylation is 1. The number of anilines is 1. The number of methoxy groups -OCH3 is 1. The van der Waals surface area contributed by atoms with Gasteiger partial charge in [0.25, 0.3) is 0 Å². The highest BCUT2D eigenvalue weighted by Gasteiger charge is 2.16. The maximum Gasteiger partial charge on any atom is 0.241 e. The van der Waals surface area contributed by atoms with Crippen LogP contribution in [0.3, 0.4) is 0 Å². The first kappa shape index (κ1) is 17.0. The molecule has 0 bridgehead atoms. The molecular formula is C16H18N2O4S. The number of para-hydroxylation sites is 2. The van der Waals surface area contributed by atoms with Gasteiger partial charge in [0.2, 0.25) is 15.9 Å². The summed E-state index contributed by atoms with van der Waals surface area (Å²) in [5.74, 6) is 0.0214. The number of hydrogen-bond donors (Lipinski definition) is 2. The van der Waals surface area contributed by atoms with Crippen molar-refractivity contribution >= 4 is 21.6 Å². The monoisotopic (exact) mass is 334 g/mol. The van der Waals surface area contributed by atoms with Crippen LogP contribution in [0, 0.1) is 6.92 Å². The summed E-state index contributed by atoms with van der Waals surface area (Å²) in [4.78, 5) is 12.1. The molecule has 0 aliphatic carbocycles. The Labute approximate surface area is 135 Å². The minimum absolute atomic E-state index is 0.127. The van der Waals surface area contributed by atoms with E-state index in [1.165, 1.54) is 13.2 Å². The second kappa shape index (κ2) is 7.26. The van der Waals surface area contributed by atoms with Gasteiger partial charge in [-0.05, 0) is 36.8 Å². The summed E-state index contributed by atoms with van der Waals surface area (Å²) in [7, 11) is -2.24. The first-order chi connectivity index (χ1) is 10.9. The van der Waals surface area contributed by atoms with E-state index in [0.717, 1.165) is 5.56 Å². The Hall–Kier alpha value is -2.38. The highest BCUT2D eigenvalue weighted by atomic mass is 32.2. The minimum atomic E-state index is -3.73. The first-order valence-electron chi connectivity index (χ1n) is 6.91. The number of nitrogens with one attached hydrogen (secondary N) is 2. The molecule has 0 aliphatic heterocycles. The molecule has 0 spiro atoms. The van der Waals surface area contributed by atoms with Crippen molar-refractivity contribution in [1.29, 1.82) is 0 Å². The lowest BCUT2D eigenvalue weighted by Crippen LogP contribution is -2.33. The van der Waals surface area contributed by atoms with E-state index in [1.54, 1.807) is 49.4 Å². The number of amides is 1. The van der Waals surface area contributed by atoms with Crippen molar-refractivity contribution in [1.82, 2.24) is 4.72 Å². The van der Waals surface area contributed by atoms with Crippen molar-refractivity contribution in [2.45, 2.75) is 11.8 Å². The molecule has 0 saturated heterocycles. The molecule has 0 unspecified atom stereocenters. The highest BCUT2D eigenvalue weighted by molar-refractivity contribution is 7.89. The fourth-order valence-electron chi connectivity index (χ4n) is 1.97. The van der Waals surface area contributed by atoms with Crippen molar-refractivity contribution in [3.63, 3.8) is 0 Å². The van der Waals surface area contributed by atoms with Gasteiger partial charge in [-0.25, -0.2) is 13.1 Å². The van der Waals surface area contributed by atoms with Crippen LogP contribution >= 0.6 is 0 Å². The van der Waals surface area contributed by atoms with Gasteiger partial charge in [0.15, 0.2) is 0 Å². The van der Waals surface area contributed by atoms with Gasteiger partial charge in [0.05, 0.1) is 24.2 Å². The fourth-order valence-corrected chi connectivity index (χ4v) is 3.06. The van der Waals surface area contributed by atoms with Crippen molar-refractivity contribution < 1.29 is 17.9 Å². The fraction of sp³-hybridized carbons (Fsp3) is 0.188. The Balaban J connectivity index is 2.01. The maximum absolute atomic E-state index is 12.1. The zero-order chi connectivity index (χ0) is 16.9. The molecule has 1 amide bonds. The van der Waals surface area contributed by atoms with Crippen LogP contribution < -0.4 is 14.8 Å². The molecule has 23 heavy (non-hydrogen) atoms. The van der Waals surface area contributed by atoms with Crippen LogP contribution in [0.5, 0.6) is 5.75 Å². The summed E-state index contributed by atoms with van der Waals surface area (Å²) in [6, 6.07) is 13.4. The van der Waals surface area contributed by atoms with E-state index >= 15 is 0 Å². The number of rotatable bonds is 6. The zero-order valence-electron chi connectivity index (χ0n) is 12.9. The van der Waals surface area contributed by atoms with Crippen LogP contribution in [0.1, 0.15) is 5.56 Å². The third-order valence-corrected chi connectivity index (χ3v) is 4.50. The van der Waals surface area contributed by atoms with Crippen LogP contribution in [-0.4, -0.2) is 28.0 Å². The molecule has 0 aliphatic rings. The zero-order valence-corrected chi connectivity index (χ0v) is 13.7. The largest absolute Gasteiger partial charge is 0.495 e. The number of ether oxygens (including phenoxy) is 1. The molecule has 2 aromatic rings. The van der Waals surface area contributed by atoms with Crippen LogP contribution in [0.25, 0.3) is 0 Å². The van der Waals surface area contributed by atoms with Crippen molar-refractivity contribution in [3.05, 3.63) is 54.1 Å². The van der Waals surface area contributed by atoms with E-state index in [2.05, 4.69) is 10.0 Å². The second-order valence-corrected chi connectivity index (χ2v) is 6.66. The first-order valence-corrected chi connectivity index (χ1v) is 8.40. The summed E-state index contributed by atoms with van der Waals surface area (Å²) in [5, 5.41) is 2.61. The molecular weight excluding hydrogens is 316 g/mol. The number of carbonyl (C=O) groups is 1. The third kappa shape index (κ3) is 4.54. The predicted molar refractivity (Wildman–Crippen MR) is 88.0 cm³/mol. The van der Waals surface area contributed by atoms with Gasteiger partial charge < -0.3 is 10.1 Å². The van der Waals surface area contributed by atoms with Crippen molar-refractivity contribution in [2.24, 2.45) is 0 Å². The third-order valence-electron chi connectivity index (χ3n) is 3.10. The molecule has 0 aromatic heterocycles. The normalized spacial score (nSPS) is 11.0. The van der Waals surface area contributed by atoms with Gasteiger partial charge in [-0.1, -0.05) is 24.3 Å². The maximum atomic E-state index is 12.1. The molecule has 0 atom stereocenters. The Morgan fingerprint density at radius 3 is 2.57 bits per heavy atom. The summed E-state index contributed by atoms with van der Waals surface area (Å²) in [6.45, 7) is 1.43. The lowest BCUT2D eigenvalue weighted by molar-refractivity contribution is -0.115. The van der Waals surface area contributed by atoms with E-state index in [9.17, 15) is 13.2 Å². The standard InChI is InChI=1S/C16H18N2O4S/c1-12-6-5-7-13(10-12)23(20,21)17-11-16(19)18-14-8-3-4-9-15(14)22-2/h3-10,17H,11H2,1-2H3,(H,18,19). The van der Waals surface area contributed by atoms with E-state index in [0.29, 0.717) is 11.4 Å². The van der Waals surface area contributed by atoms with Gasteiger partial charge in [-0.2, -0.15) is 0 Å². The molecule has 7 heteroatoms. The van der Waals surface area contributed by atoms with E-state index in [4.69, 9.17) is 4.74 Å². The van der Waals surface area contributed by atoms with E-state index in [1.807, 2.05) is 0 Å². The molecule has 0 fully saturated rings. The van der Waals surface area contributed by atoms with Crippen LogP contribution in [0.15, 0.2) is 53.4 Å². The van der Waals surface area contributed by atoms with Crippen molar-refractivity contribution in [3.8, 4) is 5.75 Å². The van der Waals surface area contributed by atoms with Crippen LogP contribution in [0.4, 0.5) is 5.69 Å². The average molecular weight is 334 g/mol. The molecule has 122 valence electrons. The van der Waals surface area contributed by atoms with Gasteiger partial charge in [0, 0.05) is 0 Å². The van der Waals surface area contributed by atoms with Gasteiger partial charge in [-0.15, -0.1) is 0 Å². The quantitative estimate of drug-likeness (QED) is 0.845.